The highest BCUT2D eigenvalue weighted by Gasteiger charge is 2.03. The number of hydrogen-bond acceptors (Lipinski definition) is 5. The highest BCUT2D eigenvalue weighted by Crippen LogP contribution is 2.17. The number of benzene rings is 1. The summed E-state index contributed by atoms with van der Waals surface area (Å²) < 4.78 is 5.78. The molecule has 0 fully saturated rings. The number of hydrogen-bond donors (Lipinski definition) is 0. The van der Waals surface area contributed by atoms with E-state index < -0.39 is 0 Å². The Morgan fingerprint density at radius 1 is 1.06 bits per heavy atom. The Kier molecular flexibility index (Phi) is 3.60. The summed E-state index contributed by atoms with van der Waals surface area (Å²) in [5, 5.41) is 15.9. The van der Waals surface area contributed by atoms with Gasteiger partial charge in [-0.25, -0.2) is 0 Å². The Morgan fingerprint density at radius 3 is 2.19 bits per heavy atom. The van der Waals surface area contributed by atoms with Gasteiger partial charge in [0, 0.05) is 5.56 Å². The predicted molar refractivity (Wildman–Crippen MR) is 67.3 cm³/mol. The number of alkyl halides is 1. The molecular formula is C10H9IN4O. The Morgan fingerprint density at radius 2 is 1.69 bits per heavy atom. The van der Waals surface area contributed by atoms with Crippen molar-refractivity contribution in [1.82, 2.24) is 20.4 Å². The first-order chi connectivity index (χ1) is 7.83. The lowest BCUT2D eigenvalue weighted by Crippen LogP contribution is -2.00. The van der Waals surface area contributed by atoms with Gasteiger partial charge in [-0.1, -0.05) is 22.6 Å². The van der Waals surface area contributed by atoms with Crippen LogP contribution in [0.5, 0.6) is 5.75 Å². The van der Waals surface area contributed by atoms with Crippen LogP contribution < -0.4 is 4.74 Å². The number of halogens is 1. The van der Waals surface area contributed by atoms with Crippen molar-refractivity contribution < 1.29 is 4.74 Å². The quantitative estimate of drug-likeness (QED) is 0.636. The fraction of sp³-hybridized carbons (Fsp3) is 0.200. The van der Waals surface area contributed by atoms with Crippen molar-refractivity contribution in [1.29, 1.82) is 0 Å². The minimum atomic E-state index is 0.524. The number of ether oxygens (including phenoxy) is 1. The maximum atomic E-state index is 5.07. The molecule has 2 aromatic rings. The zero-order valence-corrected chi connectivity index (χ0v) is 10.7. The molecule has 2 rings (SSSR count). The Hall–Kier alpha value is -1.31. The van der Waals surface area contributed by atoms with Gasteiger partial charge in [-0.3, -0.25) is 0 Å². The number of aromatic nitrogens is 4. The van der Waals surface area contributed by atoms with Gasteiger partial charge in [0.2, 0.25) is 5.82 Å². The van der Waals surface area contributed by atoms with Gasteiger partial charge >= 0.3 is 0 Å². The second kappa shape index (κ2) is 5.15. The van der Waals surface area contributed by atoms with Gasteiger partial charge in [-0.2, -0.15) is 0 Å². The van der Waals surface area contributed by atoms with Crippen LogP contribution in [0, 0.1) is 0 Å². The van der Waals surface area contributed by atoms with Crippen LogP contribution in [0.15, 0.2) is 24.3 Å². The van der Waals surface area contributed by atoms with E-state index in [0.29, 0.717) is 16.1 Å². The highest BCUT2D eigenvalue weighted by atomic mass is 127. The van der Waals surface area contributed by atoms with Crippen LogP contribution in [0.4, 0.5) is 0 Å². The summed E-state index contributed by atoms with van der Waals surface area (Å²) >= 11 is 2.17. The first-order valence-electron chi connectivity index (χ1n) is 4.60. The molecule has 1 heterocycles. The fourth-order valence-electron chi connectivity index (χ4n) is 1.16. The average molecular weight is 328 g/mol. The third-order valence-corrected chi connectivity index (χ3v) is 2.67. The zero-order chi connectivity index (χ0) is 11.4. The van der Waals surface area contributed by atoms with Crippen LogP contribution in [0.2, 0.25) is 0 Å². The first-order valence-corrected chi connectivity index (χ1v) is 6.12. The maximum absolute atomic E-state index is 5.07. The van der Waals surface area contributed by atoms with E-state index in [1.807, 2.05) is 24.3 Å². The summed E-state index contributed by atoms with van der Waals surface area (Å²) in [5.74, 6) is 1.96. The van der Waals surface area contributed by atoms with E-state index >= 15 is 0 Å². The average Bonchev–Trinajstić information content (AvgIpc) is 2.39. The molecule has 0 N–H and O–H groups in total. The van der Waals surface area contributed by atoms with Crippen molar-refractivity contribution >= 4 is 22.6 Å². The molecule has 0 amide bonds. The summed E-state index contributed by atoms with van der Waals surface area (Å²) in [7, 11) is 1.63. The molecule has 0 bridgehead atoms. The van der Waals surface area contributed by atoms with Gasteiger partial charge in [0.05, 0.1) is 11.5 Å². The van der Waals surface area contributed by atoms with E-state index in [2.05, 4.69) is 43.0 Å². The van der Waals surface area contributed by atoms with Crippen LogP contribution >= 0.6 is 22.6 Å². The Bertz CT molecular complexity index is 412. The van der Waals surface area contributed by atoms with Gasteiger partial charge in [-0.15, -0.1) is 20.4 Å². The molecule has 0 atom stereocenters. The van der Waals surface area contributed by atoms with Crippen LogP contribution in [0.3, 0.4) is 0 Å². The smallest absolute Gasteiger partial charge is 0.203 e. The van der Waals surface area contributed by atoms with Crippen LogP contribution in [0.25, 0.3) is 11.4 Å². The summed E-state index contributed by atoms with van der Waals surface area (Å²) in [6.07, 6.45) is 0. The molecule has 5 nitrogen and oxygen atoms in total. The SMILES string of the molecule is COc1ccc(-c2nnc(CI)nn2)cc1. The van der Waals surface area contributed by atoms with Crippen molar-refractivity contribution in [2.24, 2.45) is 0 Å². The molecule has 0 aliphatic carbocycles. The van der Waals surface area contributed by atoms with E-state index in [1.165, 1.54) is 0 Å². The molecule has 0 radical (unpaired) electrons. The second-order valence-corrected chi connectivity index (χ2v) is 3.76. The van der Waals surface area contributed by atoms with E-state index in [9.17, 15) is 0 Å². The van der Waals surface area contributed by atoms with Crippen molar-refractivity contribution in [2.45, 2.75) is 4.43 Å². The maximum Gasteiger partial charge on any atom is 0.203 e. The summed E-state index contributed by atoms with van der Waals surface area (Å²) in [6, 6.07) is 7.46. The summed E-state index contributed by atoms with van der Waals surface area (Å²) in [4.78, 5) is 0. The molecule has 0 aliphatic rings. The molecular weight excluding hydrogens is 319 g/mol. The lowest BCUT2D eigenvalue weighted by molar-refractivity contribution is 0.415. The van der Waals surface area contributed by atoms with Gasteiger partial charge in [-0.05, 0) is 24.3 Å². The molecule has 0 saturated carbocycles. The largest absolute Gasteiger partial charge is 0.497 e. The van der Waals surface area contributed by atoms with Gasteiger partial charge in [0.15, 0.2) is 5.82 Å². The molecule has 82 valence electrons. The zero-order valence-electron chi connectivity index (χ0n) is 8.59. The van der Waals surface area contributed by atoms with Crippen LogP contribution in [0.1, 0.15) is 5.82 Å². The standard InChI is InChI=1S/C10H9IN4O/c1-16-8-4-2-7(3-5-8)10-14-12-9(6-11)13-15-10/h2-5H,6H2,1H3. The van der Waals surface area contributed by atoms with Gasteiger partial charge < -0.3 is 4.74 Å². The number of methoxy groups -OCH3 is 1. The van der Waals surface area contributed by atoms with E-state index in [4.69, 9.17) is 4.74 Å². The van der Waals surface area contributed by atoms with Gasteiger partial charge in [0.1, 0.15) is 5.75 Å². The minimum Gasteiger partial charge on any atom is -0.497 e. The molecule has 1 aromatic carbocycles. The lowest BCUT2D eigenvalue weighted by atomic mass is 10.2. The van der Waals surface area contributed by atoms with E-state index in [1.54, 1.807) is 7.11 Å². The minimum absolute atomic E-state index is 0.524. The summed E-state index contributed by atoms with van der Waals surface area (Å²) in [6.45, 7) is 0. The predicted octanol–water partition coefficient (Wildman–Crippen LogP) is 1.88. The molecule has 16 heavy (non-hydrogen) atoms. The first kappa shape index (κ1) is 11.2. The third kappa shape index (κ3) is 2.43. The molecule has 0 unspecified atom stereocenters. The van der Waals surface area contributed by atoms with Gasteiger partial charge in [0.25, 0.3) is 0 Å². The monoisotopic (exact) mass is 328 g/mol. The molecule has 0 saturated heterocycles. The van der Waals surface area contributed by atoms with Crippen LogP contribution in [-0.4, -0.2) is 27.5 Å². The molecule has 1 aromatic heterocycles. The highest BCUT2D eigenvalue weighted by molar-refractivity contribution is 14.1. The number of rotatable bonds is 3. The number of nitrogens with zero attached hydrogens (tertiary/aromatic N) is 4. The lowest BCUT2D eigenvalue weighted by Gasteiger charge is -2.01. The molecule has 0 spiro atoms. The van der Waals surface area contributed by atoms with Crippen LogP contribution in [-0.2, 0) is 4.43 Å². The van der Waals surface area contributed by atoms with Crippen molar-refractivity contribution in [3.8, 4) is 17.1 Å². The van der Waals surface area contributed by atoms with Crippen molar-refractivity contribution in [3.63, 3.8) is 0 Å². The van der Waals surface area contributed by atoms with E-state index in [-0.39, 0.29) is 0 Å². The normalized spacial score (nSPS) is 10.1. The summed E-state index contributed by atoms with van der Waals surface area (Å²) in [5.41, 5.74) is 0.876. The molecule has 0 aliphatic heterocycles. The second-order valence-electron chi connectivity index (χ2n) is 3.00. The Balaban J connectivity index is 2.28. The van der Waals surface area contributed by atoms with E-state index in [0.717, 1.165) is 11.3 Å². The molecule has 6 heteroatoms. The topological polar surface area (TPSA) is 60.8 Å². The third-order valence-electron chi connectivity index (χ3n) is 1.99. The van der Waals surface area contributed by atoms with Crippen molar-refractivity contribution in [2.75, 3.05) is 7.11 Å². The Labute approximate surface area is 106 Å². The fourth-order valence-corrected chi connectivity index (χ4v) is 1.46. The van der Waals surface area contributed by atoms with Crippen molar-refractivity contribution in [3.05, 3.63) is 30.1 Å².